The van der Waals surface area contributed by atoms with Crippen molar-refractivity contribution < 1.29 is 0 Å². The molecule has 2 fully saturated rings. The van der Waals surface area contributed by atoms with Gasteiger partial charge in [-0.15, -0.1) is 24.0 Å². The highest BCUT2D eigenvalue weighted by molar-refractivity contribution is 14.0. The highest BCUT2D eigenvalue weighted by Crippen LogP contribution is 2.14. The number of aliphatic imine (C=N–C) groups is 1. The van der Waals surface area contributed by atoms with Crippen molar-refractivity contribution in [3.8, 4) is 0 Å². The Hall–Kier alpha value is -0.900. The van der Waals surface area contributed by atoms with Crippen molar-refractivity contribution in [2.24, 2.45) is 4.99 Å². The maximum absolute atomic E-state index is 4.47. The maximum atomic E-state index is 4.47. The van der Waals surface area contributed by atoms with E-state index < -0.39 is 0 Å². The summed E-state index contributed by atoms with van der Waals surface area (Å²) in [6.07, 6.45) is 2.34. The van der Waals surface area contributed by atoms with Gasteiger partial charge in [0, 0.05) is 71.5 Å². The third-order valence-corrected chi connectivity index (χ3v) is 6.44. The number of hydrogen-bond acceptors (Lipinski definition) is 4. The minimum absolute atomic E-state index is 0. The number of piperazine rings is 1. The van der Waals surface area contributed by atoms with E-state index in [1.807, 2.05) is 7.05 Å². The first-order valence-electron chi connectivity index (χ1n) is 11.4. The molecule has 30 heavy (non-hydrogen) atoms. The molecular weight excluding hydrogens is 487 g/mol. The van der Waals surface area contributed by atoms with Crippen LogP contribution in [-0.2, 0) is 6.54 Å². The van der Waals surface area contributed by atoms with Crippen LogP contribution in [0.4, 0.5) is 0 Å². The molecule has 2 heterocycles. The zero-order valence-corrected chi connectivity index (χ0v) is 21.3. The molecule has 0 aromatic heterocycles. The summed E-state index contributed by atoms with van der Waals surface area (Å²) >= 11 is 0. The van der Waals surface area contributed by atoms with Crippen LogP contribution in [0.25, 0.3) is 0 Å². The van der Waals surface area contributed by atoms with Gasteiger partial charge in [0.05, 0.1) is 0 Å². The number of nitrogens with one attached hydrogen (secondary N) is 2. The van der Waals surface area contributed by atoms with E-state index in [4.69, 9.17) is 0 Å². The second kappa shape index (κ2) is 13.5. The molecule has 3 rings (SSSR count). The fourth-order valence-corrected chi connectivity index (χ4v) is 4.36. The second-order valence-corrected chi connectivity index (χ2v) is 8.45. The van der Waals surface area contributed by atoms with Gasteiger partial charge in [0.2, 0.25) is 0 Å². The Bertz CT molecular complexity index is 609. The summed E-state index contributed by atoms with van der Waals surface area (Å²) in [7, 11) is 1.88. The highest BCUT2D eigenvalue weighted by Gasteiger charge is 2.22. The molecule has 2 N–H and O–H groups in total. The number of likely N-dealkylation sites (tertiary alicyclic amines) is 1. The van der Waals surface area contributed by atoms with Crippen molar-refractivity contribution in [2.75, 3.05) is 59.4 Å². The van der Waals surface area contributed by atoms with Gasteiger partial charge in [0.1, 0.15) is 0 Å². The number of likely N-dealkylation sites (N-methyl/N-ethyl adjacent to an activating group) is 1. The Labute approximate surface area is 200 Å². The molecule has 0 saturated carbocycles. The minimum atomic E-state index is 0. The van der Waals surface area contributed by atoms with Gasteiger partial charge in [-0.25, -0.2) is 0 Å². The predicted octanol–water partition coefficient (Wildman–Crippen LogP) is 2.46. The summed E-state index contributed by atoms with van der Waals surface area (Å²) in [4.78, 5) is 12.1. The van der Waals surface area contributed by atoms with Gasteiger partial charge in [-0.3, -0.25) is 14.8 Å². The van der Waals surface area contributed by atoms with Crippen LogP contribution in [0, 0.1) is 0 Å². The smallest absolute Gasteiger partial charge is 0.191 e. The number of halogens is 1. The lowest BCUT2D eigenvalue weighted by atomic mass is 10.0. The van der Waals surface area contributed by atoms with Crippen LogP contribution in [0.15, 0.2) is 35.3 Å². The van der Waals surface area contributed by atoms with Crippen molar-refractivity contribution in [3.05, 3.63) is 35.9 Å². The minimum Gasteiger partial charge on any atom is -0.355 e. The third-order valence-electron chi connectivity index (χ3n) is 6.44. The molecule has 0 radical (unpaired) electrons. The largest absolute Gasteiger partial charge is 0.355 e. The number of piperidine rings is 1. The zero-order chi connectivity index (χ0) is 20.5. The first kappa shape index (κ1) is 25.4. The van der Waals surface area contributed by atoms with Crippen LogP contribution >= 0.6 is 24.0 Å². The highest BCUT2D eigenvalue weighted by atomic mass is 127. The van der Waals surface area contributed by atoms with Crippen LogP contribution in [0.5, 0.6) is 0 Å². The predicted molar refractivity (Wildman–Crippen MR) is 138 cm³/mol. The van der Waals surface area contributed by atoms with Crippen molar-refractivity contribution in [1.29, 1.82) is 0 Å². The second-order valence-electron chi connectivity index (χ2n) is 8.45. The molecule has 2 saturated heterocycles. The van der Waals surface area contributed by atoms with E-state index >= 15 is 0 Å². The zero-order valence-electron chi connectivity index (χ0n) is 19.0. The van der Waals surface area contributed by atoms with Gasteiger partial charge in [0.15, 0.2) is 5.96 Å². The van der Waals surface area contributed by atoms with Gasteiger partial charge < -0.3 is 15.5 Å². The van der Waals surface area contributed by atoms with Crippen molar-refractivity contribution in [2.45, 2.75) is 45.3 Å². The van der Waals surface area contributed by atoms with Gasteiger partial charge >= 0.3 is 0 Å². The molecule has 0 spiro atoms. The molecule has 170 valence electrons. The Kier molecular flexibility index (Phi) is 11.4. The number of guanidine groups is 1. The van der Waals surface area contributed by atoms with Crippen LogP contribution in [0.2, 0.25) is 0 Å². The van der Waals surface area contributed by atoms with Crippen molar-refractivity contribution >= 4 is 29.9 Å². The van der Waals surface area contributed by atoms with Crippen LogP contribution in [-0.4, -0.2) is 92.1 Å². The first-order chi connectivity index (χ1) is 14.2. The molecule has 0 amide bonds. The van der Waals surface area contributed by atoms with Crippen LogP contribution in [0.3, 0.4) is 0 Å². The molecule has 0 aliphatic carbocycles. The Morgan fingerprint density at radius 1 is 1.03 bits per heavy atom. The van der Waals surface area contributed by atoms with Crippen LogP contribution in [0.1, 0.15) is 32.3 Å². The van der Waals surface area contributed by atoms with Gasteiger partial charge in [-0.1, -0.05) is 37.3 Å². The molecule has 1 unspecified atom stereocenters. The van der Waals surface area contributed by atoms with E-state index in [2.05, 4.69) is 74.5 Å². The molecule has 6 nitrogen and oxygen atoms in total. The Balaban J connectivity index is 0.00000320. The van der Waals surface area contributed by atoms with E-state index in [0.717, 1.165) is 32.1 Å². The Morgan fingerprint density at radius 3 is 2.30 bits per heavy atom. The van der Waals surface area contributed by atoms with E-state index in [0.29, 0.717) is 12.1 Å². The lowest BCUT2D eigenvalue weighted by Gasteiger charge is -2.38. The standard InChI is InChI=1S/C23H40N6.HI/c1-4-27-14-16-29(17-15-27)20(2)18-25-23(24-3)26-22-10-12-28(13-11-22)19-21-8-6-5-7-9-21;/h5-9,20,22H,4,10-19H2,1-3H3,(H2,24,25,26);1H. The number of nitrogens with zero attached hydrogens (tertiary/aromatic N) is 4. The molecule has 2 aliphatic rings. The van der Waals surface area contributed by atoms with E-state index in [-0.39, 0.29) is 24.0 Å². The molecule has 7 heteroatoms. The quantitative estimate of drug-likeness (QED) is 0.324. The summed E-state index contributed by atoms with van der Waals surface area (Å²) in [5.74, 6) is 0.950. The average molecular weight is 529 g/mol. The van der Waals surface area contributed by atoms with E-state index in [9.17, 15) is 0 Å². The summed E-state index contributed by atoms with van der Waals surface area (Å²) in [6.45, 7) is 14.7. The van der Waals surface area contributed by atoms with Gasteiger partial charge in [0.25, 0.3) is 0 Å². The third kappa shape index (κ3) is 7.98. The van der Waals surface area contributed by atoms with Gasteiger partial charge in [-0.05, 0) is 31.9 Å². The normalized spacial score (nSPS) is 21.1. The Morgan fingerprint density at radius 2 is 1.70 bits per heavy atom. The molecule has 1 atom stereocenters. The number of hydrogen-bond donors (Lipinski definition) is 2. The summed E-state index contributed by atoms with van der Waals surface area (Å²) in [5.41, 5.74) is 1.41. The molecule has 1 aromatic carbocycles. The average Bonchev–Trinajstić information content (AvgIpc) is 2.78. The van der Waals surface area contributed by atoms with E-state index in [1.54, 1.807) is 0 Å². The fourth-order valence-electron chi connectivity index (χ4n) is 4.36. The summed E-state index contributed by atoms with van der Waals surface area (Å²) < 4.78 is 0. The van der Waals surface area contributed by atoms with E-state index in [1.165, 1.54) is 51.1 Å². The van der Waals surface area contributed by atoms with Crippen molar-refractivity contribution in [3.63, 3.8) is 0 Å². The summed E-state index contributed by atoms with van der Waals surface area (Å²) in [6, 6.07) is 11.8. The topological polar surface area (TPSA) is 46.1 Å². The number of benzene rings is 1. The summed E-state index contributed by atoms with van der Waals surface area (Å²) in [5, 5.41) is 7.21. The van der Waals surface area contributed by atoms with Gasteiger partial charge in [-0.2, -0.15) is 0 Å². The van der Waals surface area contributed by atoms with Crippen molar-refractivity contribution in [1.82, 2.24) is 25.3 Å². The molecule has 1 aromatic rings. The molecular formula is C23H41IN6. The fraction of sp³-hybridized carbons (Fsp3) is 0.696. The number of rotatable bonds is 7. The molecule has 0 bridgehead atoms. The SMILES string of the molecule is CCN1CCN(C(C)CNC(=NC)NC2CCN(Cc3ccccc3)CC2)CC1.I. The lowest BCUT2D eigenvalue weighted by Crippen LogP contribution is -2.54. The lowest BCUT2D eigenvalue weighted by molar-refractivity contribution is 0.107. The first-order valence-corrected chi connectivity index (χ1v) is 11.4. The van der Waals surface area contributed by atoms with Crippen LogP contribution < -0.4 is 10.6 Å². The monoisotopic (exact) mass is 528 g/mol. The maximum Gasteiger partial charge on any atom is 0.191 e. The molecule has 2 aliphatic heterocycles.